The van der Waals surface area contributed by atoms with Gasteiger partial charge in [-0.05, 0) is 24.1 Å². The van der Waals surface area contributed by atoms with Crippen LogP contribution >= 0.6 is 0 Å². The van der Waals surface area contributed by atoms with Crippen molar-refractivity contribution in [3.63, 3.8) is 0 Å². The normalized spacial score (nSPS) is 12.4. The van der Waals surface area contributed by atoms with Crippen molar-refractivity contribution in [1.82, 2.24) is 15.5 Å². The van der Waals surface area contributed by atoms with Crippen LogP contribution in [0.1, 0.15) is 22.3 Å². The summed E-state index contributed by atoms with van der Waals surface area (Å²) in [5.74, 6) is 1.21. The molecule has 0 radical (unpaired) electrons. The number of hydrogen-bond acceptors (Lipinski definition) is 5. The molecule has 4 rings (SSSR count). The molecule has 138 valence electrons. The van der Waals surface area contributed by atoms with Crippen molar-refractivity contribution in [2.24, 2.45) is 0 Å². The number of anilines is 1. The van der Waals surface area contributed by atoms with Crippen molar-refractivity contribution in [3.05, 3.63) is 63.9 Å². The molecule has 0 spiro atoms. The summed E-state index contributed by atoms with van der Waals surface area (Å²) in [6.07, 6.45) is 1.57. The van der Waals surface area contributed by atoms with Crippen molar-refractivity contribution in [1.29, 1.82) is 0 Å². The Kier molecular flexibility index (Phi) is 4.74. The molecule has 3 aromatic rings. The van der Waals surface area contributed by atoms with Crippen LogP contribution in [0.15, 0.2) is 47.3 Å². The van der Waals surface area contributed by atoms with Gasteiger partial charge in [0.15, 0.2) is 5.82 Å². The van der Waals surface area contributed by atoms with Gasteiger partial charge in [0.25, 0.3) is 11.5 Å². The molecule has 1 amide bonds. The third-order valence-corrected chi connectivity index (χ3v) is 4.59. The number of nitrogens with one attached hydrogen (secondary N) is 3. The lowest BCUT2D eigenvalue weighted by molar-refractivity contribution is 0.0950. The van der Waals surface area contributed by atoms with E-state index in [9.17, 15) is 9.59 Å². The van der Waals surface area contributed by atoms with E-state index in [4.69, 9.17) is 4.74 Å². The second kappa shape index (κ2) is 7.49. The number of aromatic amines is 1. The minimum Gasteiger partial charge on any atom is -0.492 e. The molecule has 0 bridgehead atoms. The maximum absolute atomic E-state index is 12.4. The highest BCUT2D eigenvalue weighted by Crippen LogP contribution is 2.29. The van der Waals surface area contributed by atoms with Crippen molar-refractivity contribution in [3.8, 4) is 5.75 Å². The predicted molar refractivity (Wildman–Crippen MR) is 103 cm³/mol. The molecule has 27 heavy (non-hydrogen) atoms. The first-order chi connectivity index (χ1) is 13.2. The Hall–Kier alpha value is -3.35. The summed E-state index contributed by atoms with van der Waals surface area (Å²) < 4.78 is 5.58. The minimum absolute atomic E-state index is 0.124. The Labute approximate surface area is 155 Å². The van der Waals surface area contributed by atoms with E-state index in [1.165, 1.54) is 0 Å². The van der Waals surface area contributed by atoms with Crippen LogP contribution in [0.3, 0.4) is 0 Å². The smallest absolute Gasteiger partial charge is 0.272 e. The molecule has 1 aromatic heterocycles. The largest absolute Gasteiger partial charge is 0.492 e. The molecule has 2 aromatic carbocycles. The molecule has 0 fully saturated rings. The van der Waals surface area contributed by atoms with Crippen LogP contribution in [0.2, 0.25) is 0 Å². The molecule has 7 heteroatoms. The maximum Gasteiger partial charge on any atom is 0.272 e. The predicted octanol–water partition coefficient (Wildman–Crippen LogP) is 2.09. The summed E-state index contributed by atoms with van der Waals surface area (Å²) in [4.78, 5) is 24.2. The maximum atomic E-state index is 12.4. The molecule has 0 unspecified atom stereocenters. The fraction of sp³-hybridized carbons (Fsp3) is 0.250. The van der Waals surface area contributed by atoms with Gasteiger partial charge in [0.05, 0.1) is 17.6 Å². The fourth-order valence-corrected chi connectivity index (χ4v) is 3.24. The number of carbonyl (C=O) groups is 1. The molecule has 0 atom stereocenters. The number of fused-ring (bicyclic) bond motifs is 2. The molecule has 1 aliphatic heterocycles. The van der Waals surface area contributed by atoms with E-state index in [1.807, 2.05) is 30.3 Å². The monoisotopic (exact) mass is 364 g/mol. The van der Waals surface area contributed by atoms with Crippen molar-refractivity contribution in [2.45, 2.75) is 12.8 Å². The lowest BCUT2D eigenvalue weighted by Gasteiger charge is -2.10. The highest BCUT2D eigenvalue weighted by atomic mass is 16.5. The van der Waals surface area contributed by atoms with E-state index in [-0.39, 0.29) is 11.5 Å². The van der Waals surface area contributed by atoms with Crippen molar-refractivity contribution >= 4 is 22.5 Å². The average Bonchev–Trinajstić information content (AvgIpc) is 3.18. The third kappa shape index (κ3) is 3.48. The number of H-pyrrole nitrogens is 1. The highest BCUT2D eigenvalue weighted by molar-refractivity contribution is 5.97. The number of nitrogens with zero attached hydrogens (tertiary/aromatic N) is 1. The zero-order valence-electron chi connectivity index (χ0n) is 14.7. The number of para-hydroxylation sites is 1. The first kappa shape index (κ1) is 17.1. The summed E-state index contributed by atoms with van der Waals surface area (Å²) in [6, 6.07) is 13.0. The number of ether oxygens (including phenoxy) is 1. The standard InChI is InChI=1S/C20H20N4O3/c25-19(16-8-3-5-13-9-12-27-17(13)16)22-11-4-10-21-18-14-6-1-2-7-15(14)20(26)24-23-18/h1-3,5-8H,4,9-12H2,(H,21,23)(H,22,25)(H,24,26). The van der Waals surface area contributed by atoms with Crippen LogP contribution in [0.5, 0.6) is 5.75 Å². The van der Waals surface area contributed by atoms with Gasteiger partial charge < -0.3 is 15.4 Å². The molecule has 0 aliphatic carbocycles. The number of benzene rings is 2. The second-order valence-electron chi connectivity index (χ2n) is 6.38. The van der Waals surface area contributed by atoms with E-state index in [2.05, 4.69) is 20.8 Å². The number of aromatic nitrogens is 2. The molecule has 2 heterocycles. The van der Waals surface area contributed by atoms with Gasteiger partial charge in [-0.25, -0.2) is 5.10 Å². The van der Waals surface area contributed by atoms with E-state index < -0.39 is 0 Å². The highest BCUT2D eigenvalue weighted by Gasteiger charge is 2.19. The molecule has 1 aliphatic rings. The topological polar surface area (TPSA) is 96.1 Å². The molecular formula is C20H20N4O3. The fourth-order valence-electron chi connectivity index (χ4n) is 3.24. The molecule has 7 nitrogen and oxygen atoms in total. The van der Waals surface area contributed by atoms with Gasteiger partial charge in [-0.3, -0.25) is 9.59 Å². The number of hydrogen-bond donors (Lipinski definition) is 3. The number of amides is 1. The summed E-state index contributed by atoms with van der Waals surface area (Å²) in [5.41, 5.74) is 1.47. The molecule has 0 saturated heterocycles. The molecular weight excluding hydrogens is 344 g/mol. The SMILES string of the molecule is O=C(NCCCNc1n[nH]c(=O)c2ccccc12)c1cccc2c1OCC2. The van der Waals surface area contributed by atoms with Gasteiger partial charge in [-0.1, -0.05) is 30.3 Å². The Morgan fingerprint density at radius 2 is 1.96 bits per heavy atom. The zero-order chi connectivity index (χ0) is 18.6. The quantitative estimate of drug-likeness (QED) is 0.582. The van der Waals surface area contributed by atoms with Gasteiger partial charge in [-0.2, -0.15) is 5.10 Å². The van der Waals surface area contributed by atoms with Gasteiger partial charge in [0.2, 0.25) is 0 Å². The van der Waals surface area contributed by atoms with Gasteiger partial charge in [0, 0.05) is 24.9 Å². The Morgan fingerprint density at radius 3 is 2.85 bits per heavy atom. The summed E-state index contributed by atoms with van der Waals surface area (Å²) in [5, 5.41) is 14.1. The van der Waals surface area contributed by atoms with Crippen LogP contribution in [0, 0.1) is 0 Å². The zero-order valence-corrected chi connectivity index (χ0v) is 14.7. The Bertz CT molecular complexity index is 1040. The van der Waals surface area contributed by atoms with Crippen LogP contribution in [0.4, 0.5) is 5.82 Å². The van der Waals surface area contributed by atoms with Gasteiger partial charge in [-0.15, -0.1) is 0 Å². The first-order valence-corrected chi connectivity index (χ1v) is 8.98. The summed E-state index contributed by atoms with van der Waals surface area (Å²) in [6.45, 7) is 1.77. The van der Waals surface area contributed by atoms with Crippen LogP contribution in [-0.2, 0) is 6.42 Å². The first-order valence-electron chi connectivity index (χ1n) is 8.98. The van der Waals surface area contributed by atoms with Gasteiger partial charge >= 0.3 is 0 Å². The van der Waals surface area contributed by atoms with Crippen LogP contribution in [-0.4, -0.2) is 35.8 Å². The van der Waals surface area contributed by atoms with Crippen molar-refractivity contribution < 1.29 is 9.53 Å². The van der Waals surface area contributed by atoms with Gasteiger partial charge in [0.1, 0.15) is 5.75 Å². The average molecular weight is 364 g/mol. The number of carbonyl (C=O) groups excluding carboxylic acids is 1. The number of rotatable bonds is 6. The third-order valence-electron chi connectivity index (χ3n) is 4.59. The van der Waals surface area contributed by atoms with E-state index >= 15 is 0 Å². The lowest BCUT2D eigenvalue weighted by Crippen LogP contribution is -2.26. The lowest BCUT2D eigenvalue weighted by atomic mass is 10.1. The molecule has 3 N–H and O–H groups in total. The van der Waals surface area contributed by atoms with Crippen LogP contribution < -0.4 is 20.9 Å². The minimum atomic E-state index is -0.207. The van der Waals surface area contributed by atoms with E-state index in [1.54, 1.807) is 12.1 Å². The Morgan fingerprint density at radius 1 is 1.11 bits per heavy atom. The summed E-state index contributed by atoms with van der Waals surface area (Å²) >= 11 is 0. The van der Waals surface area contributed by atoms with Crippen LogP contribution in [0.25, 0.3) is 10.8 Å². The molecule has 0 saturated carbocycles. The van der Waals surface area contributed by atoms with E-state index in [0.29, 0.717) is 42.2 Å². The van der Waals surface area contributed by atoms with Crippen molar-refractivity contribution in [2.75, 3.05) is 25.0 Å². The van der Waals surface area contributed by atoms with E-state index in [0.717, 1.165) is 23.8 Å². The second-order valence-corrected chi connectivity index (χ2v) is 6.38. The summed E-state index contributed by atoms with van der Waals surface area (Å²) in [7, 11) is 0. The Balaban J connectivity index is 1.32.